The van der Waals surface area contributed by atoms with Crippen molar-refractivity contribution in [2.24, 2.45) is 0 Å². The summed E-state index contributed by atoms with van der Waals surface area (Å²) in [6.45, 7) is 2.13. The average Bonchev–Trinajstić information content (AvgIpc) is 2.62. The topological polar surface area (TPSA) is 46.2 Å². The first-order valence-corrected chi connectivity index (χ1v) is 6.69. The minimum absolute atomic E-state index is 0.133. The number of fused-ring (bicyclic) bond motifs is 1. The first-order valence-electron chi connectivity index (χ1n) is 5.77. The van der Waals surface area contributed by atoms with E-state index >= 15 is 0 Å². The third kappa shape index (κ3) is 2.27. The van der Waals surface area contributed by atoms with Crippen molar-refractivity contribution in [3.8, 4) is 0 Å². The molecule has 0 saturated heterocycles. The van der Waals surface area contributed by atoms with Crippen LogP contribution < -0.4 is 5.32 Å². The number of nitrogens with one attached hydrogen (secondary N) is 1. The largest absolute Gasteiger partial charge is 0.288 e. The van der Waals surface area contributed by atoms with Gasteiger partial charge in [-0.3, -0.25) is 14.9 Å². The van der Waals surface area contributed by atoms with Crippen LogP contribution >= 0.6 is 15.9 Å². The highest BCUT2D eigenvalue weighted by molar-refractivity contribution is 9.09. The molecule has 2 amide bonds. The summed E-state index contributed by atoms with van der Waals surface area (Å²) in [5.74, 6) is -0.566. The lowest BCUT2D eigenvalue weighted by atomic mass is 9.98. The van der Waals surface area contributed by atoms with Gasteiger partial charge in [-0.25, -0.2) is 0 Å². The summed E-state index contributed by atoms with van der Waals surface area (Å²) in [7, 11) is 0. The Morgan fingerprint density at radius 3 is 2.76 bits per heavy atom. The van der Waals surface area contributed by atoms with Crippen LogP contribution in [0.2, 0.25) is 0 Å². The Labute approximate surface area is 109 Å². The van der Waals surface area contributed by atoms with E-state index in [1.165, 1.54) is 0 Å². The molecule has 3 nitrogen and oxygen atoms in total. The van der Waals surface area contributed by atoms with E-state index in [4.69, 9.17) is 0 Å². The van der Waals surface area contributed by atoms with E-state index in [0.717, 1.165) is 24.8 Å². The predicted octanol–water partition coefficient (Wildman–Crippen LogP) is 3.20. The van der Waals surface area contributed by atoms with E-state index < -0.39 is 0 Å². The van der Waals surface area contributed by atoms with E-state index in [1.54, 1.807) is 6.07 Å². The highest BCUT2D eigenvalue weighted by Crippen LogP contribution is 2.33. The normalized spacial score (nSPS) is 15.6. The second kappa shape index (κ2) is 5.00. The second-order valence-electron chi connectivity index (χ2n) is 4.16. The molecule has 0 saturated carbocycles. The van der Waals surface area contributed by atoms with Gasteiger partial charge in [0.15, 0.2) is 0 Å². The van der Waals surface area contributed by atoms with Gasteiger partial charge in [0, 0.05) is 4.83 Å². The van der Waals surface area contributed by atoms with Crippen LogP contribution in [0.4, 0.5) is 0 Å². The summed E-state index contributed by atoms with van der Waals surface area (Å²) in [6, 6.07) is 5.43. The lowest BCUT2D eigenvalue weighted by Gasteiger charge is -2.12. The van der Waals surface area contributed by atoms with Gasteiger partial charge in [0.05, 0.1) is 11.1 Å². The van der Waals surface area contributed by atoms with E-state index in [0.29, 0.717) is 11.1 Å². The Morgan fingerprint density at radius 1 is 1.29 bits per heavy atom. The molecule has 1 aromatic carbocycles. The predicted molar refractivity (Wildman–Crippen MR) is 69.4 cm³/mol. The number of imide groups is 1. The number of benzene rings is 1. The van der Waals surface area contributed by atoms with Crippen molar-refractivity contribution in [2.75, 3.05) is 0 Å². The second-order valence-corrected chi connectivity index (χ2v) is 5.27. The Hall–Kier alpha value is -1.16. The van der Waals surface area contributed by atoms with Gasteiger partial charge in [-0.2, -0.15) is 0 Å². The molecule has 1 aliphatic rings. The highest BCUT2D eigenvalue weighted by atomic mass is 79.9. The molecule has 1 N–H and O–H groups in total. The van der Waals surface area contributed by atoms with Gasteiger partial charge in [-0.15, -0.1) is 0 Å². The van der Waals surface area contributed by atoms with Gasteiger partial charge >= 0.3 is 0 Å². The minimum Gasteiger partial charge on any atom is -0.288 e. The van der Waals surface area contributed by atoms with E-state index in [-0.39, 0.29) is 16.6 Å². The molecule has 0 aromatic heterocycles. The lowest BCUT2D eigenvalue weighted by Crippen LogP contribution is -2.20. The Kier molecular flexibility index (Phi) is 3.62. The maximum absolute atomic E-state index is 11.7. The van der Waals surface area contributed by atoms with Crippen molar-refractivity contribution in [1.29, 1.82) is 0 Å². The zero-order valence-electron chi connectivity index (χ0n) is 9.63. The van der Waals surface area contributed by atoms with Crippen molar-refractivity contribution < 1.29 is 9.59 Å². The van der Waals surface area contributed by atoms with Crippen LogP contribution in [0.25, 0.3) is 0 Å². The summed E-state index contributed by atoms with van der Waals surface area (Å²) in [5, 5.41) is 2.33. The summed E-state index contributed by atoms with van der Waals surface area (Å²) >= 11 is 3.60. The van der Waals surface area contributed by atoms with E-state index in [1.807, 2.05) is 12.1 Å². The van der Waals surface area contributed by atoms with Gasteiger partial charge < -0.3 is 0 Å². The van der Waals surface area contributed by atoms with Crippen LogP contribution in [0.1, 0.15) is 57.3 Å². The molecule has 17 heavy (non-hydrogen) atoms. The number of rotatable bonds is 4. The number of carbonyl (C=O) groups excluding carboxylic acids is 2. The number of hydrogen-bond acceptors (Lipinski definition) is 2. The van der Waals surface area contributed by atoms with Gasteiger partial charge in [-0.1, -0.05) is 47.8 Å². The maximum Gasteiger partial charge on any atom is 0.259 e. The Bertz CT molecular complexity index is 470. The molecule has 90 valence electrons. The van der Waals surface area contributed by atoms with Crippen LogP contribution in [0.3, 0.4) is 0 Å². The number of carbonyl (C=O) groups is 2. The zero-order chi connectivity index (χ0) is 12.4. The zero-order valence-corrected chi connectivity index (χ0v) is 11.2. The van der Waals surface area contributed by atoms with Crippen LogP contribution in [-0.4, -0.2) is 11.8 Å². The molecule has 1 aromatic rings. The van der Waals surface area contributed by atoms with Gasteiger partial charge in [0.1, 0.15) is 0 Å². The standard InChI is InChI=1S/C13H14BrNO2/c1-2-3-7-10(14)8-5-4-6-9-11(8)13(17)15-12(9)16/h4-6,10H,2-3,7H2,1H3,(H,15,16,17). The molecule has 0 fully saturated rings. The van der Waals surface area contributed by atoms with Gasteiger partial charge in [0.2, 0.25) is 0 Å². The summed E-state index contributed by atoms with van der Waals surface area (Å²) in [5.41, 5.74) is 1.95. The number of hydrogen-bond donors (Lipinski definition) is 1. The van der Waals surface area contributed by atoms with Crippen LogP contribution in [0, 0.1) is 0 Å². The average molecular weight is 296 g/mol. The van der Waals surface area contributed by atoms with Crippen molar-refractivity contribution in [3.05, 3.63) is 34.9 Å². The maximum atomic E-state index is 11.7. The molecule has 0 radical (unpaired) electrons. The van der Waals surface area contributed by atoms with Crippen molar-refractivity contribution in [2.45, 2.75) is 31.0 Å². The number of alkyl halides is 1. The molecule has 2 rings (SSSR count). The van der Waals surface area contributed by atoms with Crippen LogP contribution in [0.15, 0.2) is 18.2 Å². The highest BCUT2D eigenvalue weighted by Gasteiger charge is 2.30. The lowest BCUT2D eigenvalue weighted by molar-refractivity contribution is 0.0879. The fourth-order valence-electron chi connectivity index (χ4n) is 2.05. The fraction of sp³-hybridized carbons (Fsp3) is 0.385. The minimum atomic E-state index is -0.290. The monoisotopic (exact) mass is 295 g/mol. The molecule has 1 heterocycles. The summed E-state index contributed by atoms with van der Waals surface area (Å²) < 4.78 is 0. The summed E-state index contributed by atoms with van der Waals surface area (Å²) in [6.07, 6.45) is 3.17. The molecule has 0 aliphatic carbocycles. The molecule has 0 spiro atoms. The van der Waals surface area contributed by atoms with Gasteiger partial charge in [-0.05, 0) is 18.1 Å². The molecule has 1 aliphatic heterocycles. The van der Waals surface area contributed by atoms with Crippen molar-refractivity contribution in [3.63, 3.8) is 0 Å². The first kappa shape index (κ1) is 12.3. The van der Waals surface area contributed by atoms with Crippen molar-refractivity contribution >= 4 is 27.7 Å². The number of halogens is 1. The third-order valence-corrected chi connectivity index (χ3v) is 3.90. The smallest absolute Gasteiger partial charge is 0.259 e. The molecule has 1 unspecified atom stereocenters. The molecule has 4 heteroatoms. The number of amides is 2. The molecule has 0 bridgehead atoms. The van der Waals surface area contributed by atoms with Crippen LogP contribution in [-0.2, 0) is 0 Å². The first-order chi connectivity index (χ1) is 8.15. The third-order valence-electron chi connectivity index (χ3n) is 2.94. The molecule has 1 atom stereocenters. The quantitative estimate of drug-likeness (QED) is 0.685. The fourth-order valence-corrected chi connectivity index (χ4v) is 2.75. The Balaban J connectivity index is 2.36. The molecular weight excluding hydrogens is 282 g/mol. The van der Waals surface area contributed by atoms with Crippen molar-refractivity contribution in [1.82, 2.24) is 5.32 Å². The summed E-state index contributed by atoms with van der Waals surface area (Å²) in [4.78, 5) is 23.4. The van der Waals surface area contributed by atoms with E-state index in [9.17, 15) is 9.59 Å². The number of unbranched alkanes of at least 4 members (excludes halogenated alkanes) is 1. The van der Waals surface area contributed by atoms with Crippen LogP contribution in [0.5, 0.6) is 0 Å². The van der Waals surface area contributed by atoms with E-state index in [2.05, 4.69) is 28.2 Å². The van der Waals surface area contributed by atoms with Gasteiger partial charge in [0.25, 0.3) is 11.8 Å². The molecular formula is C13H14BrNO2. The Morgan fingerprint density at radius 2 is 2.06 bits per heavy atom. The SMILES string of the molecule is CCCCC(Br)c1cccc2c1C(=O)NC2=O.